The molecular weight excluding hydrogens is 174 g/mol. The molecule has 66 valence electrons. The van der Waals surface area contributed by atoms with Crippen molar-refractivity contribution in [3.05, 3.63) is 12.0 Å². The highest BCUT2D eigenvalue weighted by molar-refractivity contribution is 7.80. The molecule has 0 spiro atoms. The predicted molar refractivity (Wildman–Crippen MR) is 51.2 cm³/mol. The first kappa shape index (κ1) is 8.99. The Balaban J connectivity index is 2.58. The maximum absolute atomic E-state index is 5.08. The number of anilines is 1. The van der Waals surface area contributed by atoms with Crippen LogP contribution in [0.5, 0.6) is 0 Å². The Morgan fingerprint density at radius 3 is 3.00 bits per heavy atom. The Kier molecular flexibility index (Phi) is 3.04. The van der Waals surface area contributed by atoms with Crippen molar-refractivity contribution in [3.63, 3.8) is 0 Å². The average Bonchev–Trinajstić information content (AvgIpc) is 2.52. The topological polar surface area (TPSA) is 50.1 Å². The van der Waals surface area contributed by atoms with Crippen LogP contribution in [0.3, 0.4) is 0 Å². The lowest BCUT2D eigenvalue weighted by molar-refractivity contribution is 0.577. The van der Waals surface area contributed by atoms with E-state index < -0.39 is 0 Å². The number of hydrogen-bond donors (Lipinski definition) is 2. The number of oxazole rings is 1. The number of rotatable bonds is 2. The minimum atomic E-state index is 0.436. The van der Waals surface area contributed by atoms with Gasteiger partial charge in [0.2, 0.25) is 0 Å². The molecule has 1 aromatic rings. The smallest absolute Gasteiger partial charge is 0.301 e. The van der Waals surface area contributed by atoms with Gasteiger partial charge in [-0.2, -0.15) is 4.98 Å². The van der Waals surface area contributed by atoms with E-state index in [4.69, 9.17) is 16.6 Å². The molecule has 0 amide bonds. The van der Waals surface area contributed by atoms with Crippen LogP contribution in [0.25, 0.3) is 0 Å². The Bertz CT molecular complexity index is 271. The standard InChI is InChI=1S/C7H11N3OS/c1-3-5-4-11-6(9-5)10-7(12)8-2/h4H,3H2,1-2H3,(H2,8,9,10,12). The molecule has 0 saturated heterocycles. The van der Waals surface area contributed by atoms with Crippen LogP contribution in [0, 0.1) is 0 Å². The van der Waals surface area contributed by atoms with Gasteiger partial charge in [-0.25, -0.2) is 0 Å². The first-order chi connectivity index (χ1) is 5.76. The molecule has 12 heavy (non-hydrogen) atoms. The van der Waals surface area contributed by atoms with Gasteiger partial charge in [-0.1, -0.05) is 6.92 Å². The van der Waals surface area contributed by atoms with Crippen molar-refractivity contribution < 1.29 is 4.42 Å². The van der Waals surface area contributed by atoms with Gasteiger partial charge in [0.1, 0.15) is 6.26 Å². The van der Waals surface area contributed by atoms with Crippen LogP contribution in [0.2, 0.25) is 0 Å². The Hall–Kier alpha value is -1.10. The third-order valence-corrected chi connectivity index (χ3v) is 1.67. The summed E-state index contributed by atoms with van der Waals surface area (Å²) < 4.78 is 5.08. The molecule has 0 fully saturated rings. The fourth-order valence-corrected chi connectivity index (χ4v) is 0.774. The monoisotopic (exact) mass is 185 g/mol. The Labute approximate surface area is 76.4 Å². The van der Waals surface area contributed by atoms with Gasteiger partial charge in [0.25, 0.3) is 0 Å². The van der Waals surface area contributed by atoms with Crippen LogP contribution in [0.1, 0.15) is 12.6 Å². The number of nitrogens with one attached hydrogen (secondary N) is 2. The van der Waals surface area contributed by atoms with E-state index in [2.05, 4.69) is 15.6 Å². The molecule has 0 bridgehead atoms. The molecule has 1 rings (SSSR count). The third-order valence-electron chi connectivity index (χ3n) is 1.36. The van der Waals surface area contributed by atoms with E-state index in [-0.39, 0.29) is 0 Å². The van der Waals surface area contributed by atoms with Crippen LogP contribution in [0.15, 0.2) is 10.7 Å². The summed E-state index contributed by atoms with van der Waals surface area (Å²) >= 11 is 4.86. The summed E-state index contributed by atoms with van der Waals surface area (Å²) in [5, 5.41) is 6.05. The van der Waals surface area contributed by atoms with Gasteiger partial charge >= 0.3 is 6.01 Å². The highest BCUT2D eigenvalue weighted by atomic mass is 32.1. The van der Waals surface area contributed by atoms with Crippen LogP contribution in [0.4, 0.5) is 6.01 Å². The third kappa shape index (κ3) is 2.20. The molecule has 0 atom stereocenters. The zero-order valence-electron chi connectivity index (χ0n) is 7.05. The maximum Gasteiger partial charge on any atom is 0.301 e. The highest BCUT2D eigenvalue weighted by Crippen LogP contribution is 2.06. The van der Waals surface area contributed by atoms with Gasteiger partial charge in [0.15, 0.2) is 5.11 Å². The van der Waals surface area contributed by atoms with Gasteiger partial charge in [-0.05, 0) is 18.6 Å². The van der Waals surface area contributed by atoms with Crippen molar-refractivity contribution in [1.82, 2.24) is 10.3 Å². The van der Waals surface area contributed by atoms with Gasteiger partial charge in [-0.3, -0.25) is 5.32 Å². The molecule has 1 heterocycles. The largest absolute Gasteiger partial charge is 0.432 e. The van der Waals surface area contributed by atoms with Gasteiger partial charge in [0.05, 0.1) is 5.69 Å². The average molecular weight is 185 g/mol. The van der Waals surface area contributed by atoms with Crippen molar-refractivity contribution in [2.75, 3.05) is 12.4 Å². The summed E-state index contributed by atoms with van der Waals surface area (Å²) in [6.07, 6.45) is 2.47. The van der Waals surface area contributed by atoms with E-state index in [1.54, 1.807) is 13.3 Å². The molecule has 5 heteroatoms. The number of aryl methyl sites for hydroxylation is 1. The molecule has 0 aliphatic carbocycles. The summed E-state index contributed by atoms with van der Waals surface area (Å²) in [7, 11) is 1.74. The van der Waals surface area contributed by atoms with Crippen molar-refractivity contribution >= 4 is 23.3 Å². The molecule has 4 nitrogen and oxygen atoms in total. The SMILES string of the molecule is CCc1coc(NC(=S)NC)n1. The van der Waals surface area contributed by atoms with Gasteiger partial charge < -0.3 is 9.73 Å². The maximum atomic E-state index is 5.08. The molecule has 1 aromatic heterocycles. The van der Waals surface area contributed by atoms with Crippen LogP contribution >= 0.6 is 12.2 Å². The van der Waals surface area contributed by atoms with E-state index in [1.165, 1.54) is 0 Å². The first-order valence-electron chi connectivity index (χ1n) is 3.69. The van der Waals surface area contributed by atoms with E-state index in [1.807, 2.05) is 6.92 Å². The minimum Gasteiger partial charge on any atom is -0.432 e. The molecule has 0 radical (unpaired) electrons. The summed E-state index contributed by atoms with van der Waals surface area (Å²) in [6.45, 7) is 2.01. The van der Waals surface area contributed by atoms with Crippen molar-refractivity contribution in [1.29, 1.82) is 0 Å². The lowest BCUT2D eigenvalue weighted by Gasteiger charge is -2.00. The number of hydrogen-bond acceptors (Lipinski definition) is 3. The molecule has 0 saturated carbocycles. The van der Waals surface area contributed by atoms with E-state index in [0.717, 1.165) is 12.1 Å². The summed E-state index contributed by atoms with van der Waals surface area (Å²) in [5.74, 6) is 0. The second kappa shape index (κ2) is 4.06. The number of thiocarbonyl (C=S) groups is 1. The highest BCUT2D eigenvalue weighted by Gasteiger charge is 2.02. The molecule has 0 unspecified atom stereocenters. The summed E-state index contributed by atoms with van der Waals surface area (Å²) in [6, 6.07) is 0.436. The van der Waals surface area contributed by atoms with Gasteiger partial charge in [-0.15, -0.1) is 0 Å². The second-order valence-corrected chi connectivity index (χ2v) is 2.61. The second-order valence-electron chi connectivity index (χ2n) is 2.20. The molecule has 0 aromatic carbocycles. The van der Waals surface area contributed by atoms with Crippen molar-refractivity contribution in [2.24, 2.45) is 0 Å². The van der Waals surface area contributed by atoms with Crippen molar-refractivity contribution in [2.45, 2.75) is 13.3 Å². The molecule has 0 aliphatic heterocycles. The normalized spacial score (nSPS) is 9.50. The Morgan fingerprint density at radius 1 is 1.75 bits per heavy atom. The minimum absolute atomic E-state index is 0.436. The van der Waals surface area contributed by atoms with E-state index in [0.29, 0.717) is 11.1 Å². The zero-order valence-corrected chi connectivity index (χ0v) is 7.86. The zero-order chi connectivity index (χ0) is 8.97. The Morgan fingerprint density at radius 2 is 2.50 bits per heavy atom. The number of aromatic nitrogens is 1. The van der Waals surface area contributed by atoms with Gasteiger partial charge in [0, 0.05) is 7.05 Å². The van der Waals surface area contributed by atoms with Crippen molar-refractivity contribution in [3.8, 4) is 0 Å². The fraction of sp³-hybridized carbons (Fsp3) is 0.429. The molecular formula is C7H11N3OS. The summed E-state index contributed by atoms with van der Waals surface area (Å²) in [5.41, 5.74) is 0.913. The van der Waals surface area contributed by atoms with Crippen LogP contribution in [-0.2, 0) is 6.42 Å². The van der Waals surface area contributed by atoms with E-state index >= 15 is 0 Å². The molecule has 0 aliphatic rings. The molecule has 2 N–H and O–H groups in total. The van der Waals surface area contributed by atoms with Crippen LogP contribution < -0.4 is 10.6 Å². The predicted octanol–water partition coefficient (Wildman–Crippen LogP) is 1.15. The lowest BCUT2D eigenvalue weighted by atomic mass is 10.4. The first-order valence-corrected chi connectivity index (χ1v) is 4.10. The quantitative estimate of drug-likeness (QED) is 0.677. The fourth-order valence-electron chi connectivity index (χ4n) is 0.686. The van der Waals surface area contributed by atoms with Crippen LogP contribution in [-0.4, -0.2) is 17.1 Å². The number of nitrogens with zero attached hydrogens (tertiary/aromatic N) is 1. The van der Waals surface area contributed by atoms with E-state index in [9.17, 15) is 0 Å². The lowest BCUT2D eigenvalue weighted by Crippen LogP contribution is -2.24. The summed E-state index contributed by atoms with van der Waals surface area (Å²) in [4.78, 5) is 4.11.